The molecule has 2 aromatic heterocycles. The Morgan fingerprint density at radius 1 is 0.418 bits per heavy atom. The van der Waals surface area contributed by atoms with E-state index in [4.69, 9.17) is 14.7 Å². The van der Waals surface area contributed by atoms with Crippen molar-refractivity contribution >= 4 is 42.4 Å². The van der Waals surface area contributed by atoms with Crippen LogP contribution in [0.1, 0.15) is 22.3 Å². The van der Waals surface area contributed by atoms with E-state index in [9.17, 15) is 0 Å². The molecule has 0 fully saturated rings. The molecule has 1 aliphatic carbocycles. The van der Waals surface area contributed by atoms with E-state index in [1.54, 1.807) is 11.3 Å². The van der Waals surface area contributed by atoms with Crippen LogP contribution < -0.4 is 4.74 Å². The van der Waals surface area contributed by atoms with Crippen molar-refractivity contribution in [2.75, 3.05) is 0 Å². The number of aromatic nitrogens is 2. The molecule has 3 heterocycles. The lowest BCUT2D eigenvalue weighted by molar-refractivity contribution is 0.436. The van der Waals surface area contributed by atoms with Gasteiger partial charge in [0.1, 0.15) is 11.5 Å². The molecule has 55 heavy (non-hydrogen) atoms. The monoisotopic (exact) mass is 718 g/mol. The zero-order chi connectivity index (χ0) is 36.1. The van der Waals surface area contributed by atoms with Crippen LogP contribution in [0.4, 0.5) is 0 Å². The van der Waals surface area contributed by atoms with Crippen molar-refractivity contribution in [3.05, 3.63) is 204 Å². The molecule has 256 valence electrons. The highest BCUT2D eigenvalue weighted by molar-refractivity contribution is 7.26. The standard InChI is InChI=1S/C51H30N2OS/c1-2-14-31(15-3-1)33-28-29-38(35-17-5-4-16-34(33)35)50-52-47(49-48(53-50)39-19-7-13-25-46(39)55-49)32-26-27-37-36-18-6-8-20-40(36)51(43(37)30-32)41-21-9-11-23-44(41)54-45-24-12-10-22-42(45)51/h1-30H. The molecule has 2 aliphatic rings. The van der Waals surface area contributed by atoms with Crippen LogP contribution in [0.2, 0.25) is 0 Å². The highest BCUT2D eigenvalue weighted by Gasteiger charge is 2.51. The molecule has 1 spiro atoms. The van der Waals surface area contributed by atoms with Gasteiger partial charge in [-0.05, 0) is 74.5 Å². The van der Waals surface area contributed by atoms with E-state index in [1.165, 1.54) is 43.5 Å². The van der Waals surface area contributed by atoms with Gasteiger partial charge in [0.25, 0.3) is 0 Å². The predicted molar refractivity (Wildman–Crippen MR) is 226 cm³/mol. The van der Waals surface area contributed by atoms with E-state index in [0.29, 0.717) is 0 Å². The first-order chi connectivity index (χ1) is 27.3. The van der Waals surface area contributed by atoms with Gasteiger partial charge < -0.3 is 4.74 Å². The lowest BCUT2D eigenvalue weighted by atomic mass is 9.66. The summed E-state index contributed by atoms with van der Waals surface area (Å²) in [5.41, 5.74) is 13.1. The first kappa shape index (κ1) is 30.6. The lowest BCUT2D eigenvalue weighted by Gasteiger charge is -2.39. The second kappa shape index (κ2) is 11.6. The third-order valence-corrected chi connectivity index (χ3v) is 12.8. The largest absolute Gasteiger partial charge is 0.457 e. The average molecular weight is 719 g/mol. The average Bonchev–Trinajstić information content (AvgIpc) is 3.77. The number of hydrogen-bond acceptors (Lipinski definition) is 4. The Balaban J connectivity index is 1.15. The normalized spacial score (nSPS) is 13.4. The highest BCUT2D eigenvalue weighted by atomic mass is 32.1. The summed E-state index contributed by atoms with van der Waals surface area (Å²) >= 11 is 1.77. The number of rotatable bonds is 3. The van der Waals surface area contributed by atoms with Gasteiger partial charge >= 0.3 is 0 Å². The number of thiophene rings is 1. The number of fused-ring (bicyclic) bond motifs is 13. The molecule has 0 atom stereocenters. The maximum atomic E-state index is 6.62. The summed E-state index contributed by atoms with van der Waals surface area (Å²) in [5, 5.41) is 3.46. The Morgan fingerprint density at radius 2 is 1.00 bits per heavy atom. The predicted octanol–water partition coefficient (Wildman–Crippen LogP) is 13.5. The van der Waals surface area contributed by atoms with Crippen molar-refractivity contribution in [1.29, 1.82) is 0 Å². The van der Waals surface area contributed by atoms with Crippen LogP contribution in [-0.4, -0.2) is 9.97 Å². The summed E-state index contributed by atoms with van der Waals surface area (Å²) in [7, 11) is 0. The van der Waals surface area contributed by atoms with Crippen molar-refractivity contribution in [2.24, 2.45) is 0 Å². The molecule has 0 amide bonds. The molecule has 0 unspecified atom stereocenters. The molecular weight excluding hydrogens is 689 g/mol. The Morgan fingerprint density at radius 3 is 1.78 bits per heavy atom. The third-order valence-electron chi connectivity index (χ3n) is 11.6. The molecule has 1 aliphatic heterocycles. The van der Waals surface area contributed by atoms with Gasteiger partial charge in [-0.1, -0.05) is 152 Å². The van der Waals surface area contributed by atoms with Crippen molar-refractivity contribution in [3.63, 3.8) is 0 Å². The van der Waals surface area contributed by atoms with Gasteiger partial charge in [0.05, 0.1) is 21.3 Å². The molecule has 0 saturated heterocycles. The number of ether oxygens (including phenoxy) is 1. The molecule has 12 rings (SSSR count). The van der Waals surface area contributed by atoms with Gasteiger partial charge in [-0.15, -0.1) is 11.3 Å². The quantitative estimate of drug-likeness (QED) is 0.182. The molecule has 0 bridgehead atoms. The molecule has 3 nitrogen and oxygen atoms in total. The minimum Gasteiger partial charge on any atom is -0.457 e. The Kier molecular flexibility index (Phi) is 6.42. The van der Waals surface area contributed by atoms with Crippen molar-refractivity contribution in [3.8, 4) is 56.4 Å². The highest BCUT2D eigenvalue weighted by Crippen LogP contribution is 2.62. The van der Waals surface area contributed by atoms with Gasteiger partial charge in [-0.3, -0.25) is 0 Å². The Bertz CT molecular complexity index is 3150. The van der Waals surface area contributed by atoms with Crippen LogP contribution in [0.3, 0.4) is 0 Å². The number of para-hydroxylation sites is 2. The lowest BCUT2D eigenvalue weighted by Crippen LogP contribution is -2.32. The van der Waals surface area contributed by atoms with E-state index in [-0.39, 0.29) is 0 Å². The van der Waals surface area contributed by atoms with E-state index in [2.05, 4.69) is 182 Å². The SMILES string of the molecule is c1ccc(-c2ccc(-c3nc(-c4ccc5c(c4)C4(c6ccccc6Oc6ccccc64)c4ccccc4-5)c4sc5ccccc5c4n3)c3ccccc23)cc1. The fourth-order valence-electron chi connectivity index (χ4n) is 9.27. The van der Waals surface area contributed by atoms with Gasteiger partial charge in [0, 0.05) is 32.3 Å². The Labute approximate surface area is 321 Å². The summed E-state index contributed by atoms with van der Waals surface area (Å²) in [6, 6.07) is 65.2. The molecular formula is C51H30N2OS. The van der Waals surface area contributed by atoms with E-state index in [1.807, 2.05) is 0 Å². The first-order valence-corrected chi connectivity index (χ1v) is 19.5. The van der Waals surface area contributed by atoms with Crippen molar-refractivity contribution in [2.45, 2.75) is 5.41 Å². The minimum absolute atomic E-state index is 0.564. The summed E-state index contributed by atoms with van der Waals surface area (Å²) in [6.07, 6.45) is 0. The second-order valence-electron chi connectivity index (χ2n) is 14.4. The molecule has 0 radical (unpaired) electrons. The van der Waals surface area contributed by atoms with Crippen LogP contribution in [0.25, 0.3) is 76.0 Å². The van der Waals surface area contributed by atoms with Crippen LogP contribution >= 0.6 is 11.3 Å². The van der Waals surface area contributed by atoms with Crippen LogP contribution in [0.15, 0.2) is 182 Å². The number of hydrogen-bond donors (Lipinski definition) is 0. The maximum Gasteiger partial charge on any atom is 0.161 e. The fraction of sp³-hybridized carbons (Fsp3) is 0.0196. The zero-order valence-electron chi connectivity index (χ0n) is 29.5. The fourth-order valence-corrected chi connectivity index (χ4v) is 10.4. The maximum absolute atomic E-state index is 6.62. The van der Waals surface area contributed by atoms with Crippen LogP contribution in [0.5, 0.6) is 11.5 Å². The second-order valence-corrected chi connectivity index (χ2v) is 15.4. The van der Waals surface area contributed by atoms with Gasteiger partial charge in [0.15, 0.2) is 5.82 Å². The van der Waals surface area contributed by atoms with Gasteiger partial charge in [-0.2, -0.15) is 0 Å². The summed E-state index contributed by atoms with van der Waals surface area (Å²) in [5.74, 6) is 2.50. The van der Waals surface area contributed by atoms with E-state index in [0.717, 1.165) is 66.3 Å². The molecule has 10 aromatic rings. The van der Waals surface area contributed by atoms with E-state index < -0.39 is 5.41 Å². The van der Waals surface area contributed by atoms with Crippen molar-refractivity contribution in [1.82, 2.24) is 9.97 Å². The number of nitrogens with zero attached hydrogens (tertiary/aromatic N) is 2. The van der Waals surface area contributed by atoms with E-state index >= 15 is 0 Å². The minimum atomic E-state index is -0.564. The van der Waals surface area contributed by atoms with Crippen LogP contribution in [0, 0.1) is 0 Å². The summed E-state index contributed by atoms with van der Waals surface area (Å²) in [4.78, 5) is 11.0. The summed E-state index contributed by atoms with van der Waals surface area (Å²) < 4.78 is 8.91. The first-order valence-electron chi connectivity index (χ1n) is 18.7. The molecule has 0 N–H and O–H groups in total. The topological polar surface area (TPSA) is 35.0 Å². The third kappa shape index (κ3) is 4.26. The van der Waals surface area contributed by atoms with Crippen molar-refractivity contribution < 1.29 is 4.74 Å². The van der Waals surface area contributed by atoms with Gasteiger partial charge in [-0.25, -0.2) is 9.97 Å². The van der Waals surface area contributed by atoms with Crippen LogP contribution in [-0.2, 0) is 5.41 Å². The molecule has 8 aromatic carbocycles. The number of benzene rings is 8. The smallest absolute Gasteiger partial charge is 0.161 e. The van der Waals surface area contributed by atoms with Gasteiger partial charge in [0.2, 0.25) is 0 Å². The zero-order valence-corrected chi connectivity index (χ0v) is 30.3. The molecule has 0 saturated carbocycles. The Hall–Kier alpha value is -6.88. The summed E-state index contributed by atoms with van der Waals surface area (Å²) in [6.45, 7) is 0. The molecule has 4 heteroatoms.